The molecule has 4 atom stereocenters. The van der Waals surface area contributed by atoms with Crippen molar-refractivity contribution in [2.45, 2.75) is 31.9 Å². The van der Waals surface area contributed by atoms with E-state index in [0.717, 1.165) is 0 Å². The monoisotopic (exact) mass is 253 g/mol. The highest BCUT2D eigenvalue weighted by Crippen LogP contribution is 2.45. The standard InChI is InChI=1S/C12H19N3O3/c1-2-9(17)11-7(6-16)5-8(11)15-4-3-10(13)14-12(15)18/h3-4,7-9,11,16-17H,2,5-6H2,1H3,(H2,13,14,18). The van der Waals surface area contributed by atoms with E-state index in [1.54, 1.807) is 12.3 Å². The molecule has 0 bridgehead atoms. The van der Waals surface area contributed by atoms with E-state index in [1.807, 2.05) is 6.92 Å². The molecule has 1 saturated carbocycles. The van der Waals surface area contributed by atoms with Crippen LogP contribution >= 0.6 is 0 Å². The number of nitrogens with two attached hydrogens (primary N) is 1. The Hall–Kier alpha value is -1.40. The van der Waals surface area contributed by atoms with Crippen LogP contribution in [-0.2, 0) is 0 Å². The first kappa shape index (κ1) is 13.0. The van der Waals surface area contributed by atoms with Gasteiger partial charge in [0, 0.05) is 24.8 Å². The van der Waals surface area contributed by atoms with Crippen LogP contribution in [0.2, 0.25) is 0 Å². The molecule has 4 N–H and O–H groups in total. The van der Waals surface area contributed by atoms with Crippen molar-refractivity contribution in [3.8, 4) is 0 Å². The van der Waals surface area contributed by atoms with Crippen LogP contribution in [0.1, 0.15) is 25.8 Å². The molecule has 0 saturated heterocycles. The van der Waals surface area contributed by atoms with Crippen molar-refractivity contribution in [3.63, 3.8) is 0 Å². The van der Waals surface area contributed by atoms with E-state index in [-0.39, 0.29) is 30.3 Å². The third-order valence-corrected chi connectivity index (χ3v) is 3.84. The van der Waals surface area contributed by atoms with Crippen molar-refractivity contribution in [2.75, 3.05) is 12.3 Å². The summed E-state index contributed by atoms with van der Waals surface area (Å²) < 4.78 is 1.51. The molecular weight excluding hydrogens is 234 g/mol. The molecule has 6 heteroatoms. The number of nitrogens with zero attached hydrogens (tertiary/aromatic N) is 2. The van der Waals surface area contributed by atoms with E-state index < -0.39 is 11.8 Å². The normalized spacial score (nSPS) is 28.7. The molecule has 1 aromatic heterocycles. The lowest BCUT2D eigenvalue weighted by atomic mass is 9.66. The smallest absolute Gasteiger partial charge is 0.349 e. The molecule has 1 aliphatic carbocycles. The summed E-state index contributed by atoms with van der Waals surface area (Å²) in [6.45, 7) is 1.92. The highest BCUT2D eigenvalue weighted by molar-refractivity contribution is 5.24. The fourth-order valence-corrected chi connectivity index (χ4v) is 2.76. The van der Waals surface area contributed by atoms with Crippen LogP contribution in [0.15, 0.2) is 17.1 Å². The van der Waals surface area contributed by atoms with E-state index >= 15 is 0 Å². The van der Waals surface area contributed by atoms with E-state index in [2.05, 4.69) is 4.98 Å². The van der Waals surface area contributed by atoms with Gasteiger partial charge in [0.2, 0.25) is 0 Å². The van der Waals surface area contributed by atoms with Gasteiger partial charge in [-0.15, -0.1) is 0 Å². The van der Waals surface area contributed by atoms with Crippen molar-refractivity contribution in [1.29, 1.82) is 0 Å². The maximum absolute atomic E-state index is 11.8. The summed E-state index contributed by atoms with van der Waals surface area (Å²) >= 11 is 0. The number of rotatable bonds is 4. The minimum Gasteiger partial charge on any atom is -0.396 e. The first-order chi connectivity index (χ1) is 8.58. The van der Waals surface area contributed by atoms with Gasteiger partial charge in [0.25, 0.3) is 0 Å². The van der Waals surface area contributed by atoms with E-state index in [0.29, 0.717) is 12.8 Å². The van der Waals surface area contributed by atoms with Gasteiger partial charge in [0.15, 0.2) is 0 Å². The number of aromatic nitrogens is 2. The first-order valence-electron chi connectivity index (χ1n) is 6.22. The predicted molar refractivity (Wildman–Crippen MR) is 66.9 cm³/mol. The Labute approximate surface area is 105 Å². The Morgan fingerprint density at radius 2 is 2.39 bits per heavy atom. The largest absolute Gasteiger partial charge is 0.396 e. The summed E-state index contributed by atoms with van der Waals surface area (Å²) in [5.74, 6) is 0.152. The van der Waals surface area contributed by atoms with Crippen LogP contribution in [0.5, 0.6) is 0 Å². The van der Waals surface area contributed by atoms with Gasteiger partial charge in [-0.2, -0.15) is 4.98 Å². The molecule has 0 spiro atoms. The fourth-order valence-electron chi connectivity index (χ4n) is 2.76. The molecule has 18 heavy (non-hydrogen) atoms. The van der Waals surface area contributed by atoms with Gasteiger partial charge in [-0.1, -0.05) is 6.92 Å². The highest BCUT2D eigenvalue weighted by Gasteiger charge is 2.45. The van der Waals surface area contributed by atoms with Crippen molar-refractivity contribution in [2.24, 2.45) is 11.8 Å². The third-order valence-electron chi connectivity index (χ3n) is 3.84. The molecule has 1 aliphatic rings. The van der Waals surface area contributed by atoms with Gasteiger partial charge in [-0.3, -0.25) is 4.57 Å². The molecule has 0 radical (unpaired) electrons. The minimum absolute atomic E-state index is 0.0371. The quantitative estimate of drug-likeness (QED) is 0.687. The lowest BCUT2D eigenvalue weighted by Gasteiger charge is -2.46. The van der Waals surface area contributed by atoms with E-state index in [1.165, 1.54) is 4.57 Å². The lowest BCUT2D eigenvalue weighted by Crippen LogP contribution is -2.49. The third kappa shape index (κ3) is 2.13. The van der Waals surface area contributed by atoms with Gasteiger partial charge < -0.3 is 15.9 Å². The van der Waals surface area contributed by atoms with Crippen LogP contribution in [0.3, 0.4) is 0 Å². The Morgan fingerprint density at radius 3 is 2.94 bits per heavy atom. The highest BCUT2D eigenvalue weighted by atomic mass is 16.3. The number of aliphatic hydroxyl groups is 2. The van der Waals surface area contributed by atoms with E-state index in [9.17, 15) is 15.0 Å². The second kappa shape index (κ2) is 5.07. The Bertz CT molecular complexity index is 468. The summed E-state index contributed by atoms with van der Waals surface area (Å²) in [4.78, 5) is 15.4. The second-order valence-electron chi connectivity index (χ2n) is 4.84. The maximum atomic E-state index is 11.8. The van der Waals surface area contributed by atoms with Gasteiger partial charge in [-0.05, 0) is 24.8 Å². The number of nitrogen functional groups attached to an aromatic ring is 1. The van der Waals surface area contributed by atoms with E-state index in [4.69, 9.17) is 5.73 Å². The topological polar surface area (TPSA) is 101 Å². The summed E-state index contributed by atoms with van der Waals surface area (Å²) in [6.07, 6.45) is 2.39. The zero-order valence-electron chi connectivity index (χ0n) is 10.4. The Balaban J connectivity index is 2.25. The predicted octanol–water partition coefficient (Wildman–Crippen LogP) is -0.234. The number of aliphatic hydroxyl groups excluding tert-OH is 2. The lowest BCUT2D eigenvalue weighted by molar-refractivity contribution is -0.0580. The molecule has 0 aliphatic heterocycles. The molecule has 6 nitrogen and oxygen atoms in total. The summed E-state index contributed by atoms with van der Waals surface area (Å²) in [5, 5.41) is 19.2. The molecule has 0 aromatic carbocycles. The van der Waals surface area contributed by atoms with Crippen LogP contribution in [-0.4, -0.2) is 32.5 Å². The zero-order chi connectivity index (χ0) is 13.3. The molecule has 1 aromatic rings. The zero-order valence-corrected chi connectivity index (χ0v) is 10.4. The maximum Gasteiger partial charge on any atom is 0.349 e. The van der Waals surface area contributed by atoms with Crippen molar-refractivity contribution in [1.82, 2.24) is 9.55 Å². The molecule has 100 valence electrons. The molecule has 2 rings (SSSR count). The Morgan fingerprint density at radius 1 is 1.67 bits per heavy atom. The molecule has 1 fully saturated rings. The minimum atomic E-state index is -0.509. The summed E-state index contributed by atoms with van der Waals surface area (Å²) in [6, 6.07) is 1.47. The molecule has 0 amide bonds. The van der Waals surface area contributed by atoms with Crippen LogP contribution in [0.25, 0.3) is 0 Å². The molecular formula is C12H19N3O3. The summed E-state index contributed by atoms with van der Waals surface area (Å²) in [5.41, 5.74) is 5.05. The molecule has 1 heterocycles. The van der Waals surface area contributed by atoms with Gasteiger partial charge >= 0.3 is 5.69 Å². The van der Waals surface area contributed by atoms with Gasteiger partial charge in [0.05, 0.1) is 6.10 Å². The first-order valence-corrected chi connectivity index (χ1v) is 6.22. The average Bonchev–Trinajstić information content (AvgIpc) is 2.31. The van der Waals surface area contributed by atoms with Crippen molar-refractivity contribution < 1.29 is 10.2 Å². The second-order valence-corrected chi connectivity index (χ2v) is 4.84. The number of anilines is 1. The fraction of sp³-hybridized carbons (Fsp3) is 0.667. The van der Waals surface area contributed by atoms with Gasteiger partial charge in [0.1, 0.15) is 5.82 Å². The van der Waals surface area contributed by atoms with Gasteiger partial charge in [-0.25, -0.2) is 4.79 Å². The summed E-state index contributed by atoms with van der Waals surface area (Å²) in [7, 11) is 0. The van der Waals surface area contributed by atoms with Crippen LogP contribution < -0.4 is 11.4 Å². The van der Waals surface area contributed by atoms with Crippen molar-refractivity contribution in [3.05, 3.63) is 22.7 Å². The Kier molecular flexibility index (Phi) is 3.68. The average molecular weight is 253 g/mol. The number of hydrogen-bond donors (Lipinski definition) is 3. The van der Waals surface area contributed by atoms with Crippen molar-refractivity contribution >= 4 is 5.82 Å². The van der Waals surface area contributed by atoms with Crippen LogP contribution in [0, 0.1) is 11.8 Å². The SMILES string of the molecule is CCC(O)C1C(CO)CC1n1ccc(N)nc1=O. The van der Waals surface area contributed by atoms with Crippen LogP contribution in [0.4, 0.5) is 5.82 Å². The molecule has 4 unspecified atom stereocenters. The number of hydrogen-bond acceptors (Lipinski definition) is 5.